The van der Waals surface area contributed by atoms with Gasteiger partial charge in [0.15, 0.2) is 0 Å². The standard InChI is InChI=1S/C19H25F3O6S/c1-18(2,3)27-17(23)12-26-15-8-4-13(5-9-15)14-6-10-16(11-7-14)28-29(24,25)19(20,21)22/h6-7,10-11,13,15H,4-5,8-9,12H2,1-3H3/t13-,15-. The summed E-state index contributed by atoms with van der Waals surface area (Å²) < 4.78 is 74.1. The van der Waals surface area contributed by atoms with Crippen molar-refractivity contribution in [1.82, 2.24) is 0 Å². The van der Waals surface area contributed by atoms with Gasteiger partial charge in [0, 0.05) is 0 Å². The summed E-state index contributed by atoms with van der Waals surface area (Å²) in [5.74, 6) is -0.630. The molecule has 0 bridgehead atoms. The first-order valence-corrected chi connectivity index (χ1v) is 10.6. The van der Waals surface area contributed by atoms with E-state index in [-0.39, 0.29) is 24.4 Å². The Labute approximate surface area is 168 Å². The van der Waals surface area contributed by atoms with E-state index >= 15 is 0 Å². The average molecular weight is 438 g/mol. The van der Waals surface area contributed by atoms with Crippen molar-refractivity contribution in [3.05, 3.63) is 29.8 Å². The Morgan fingerprint density at radius 3 is 2.07 bits per heavy atom. The maximum atomic E-state index is 12.4. The largest absolute Gasteiger partial charge is 0.534 e. The predicted molar refractivity (Wildman–Crippen MR) is 98.8 cm³/mol. The van der Waals surface area contributed by atoms with E-state index in [2.05, 4.69) is 4.18 Å². The third kappa shape index (κ3) is 7.18. The molecule has 0 saturated heterocycles. The minimum Gasteiger partial charge on any atom is -0.458 e. The third-order valence-electron chi connectivity index (χ3n) is 4.37. The summed E-state index contributed by atoms with van der Waals surface area (Å²) in [6.45, 7) is 5.24. The van der Waals surface area contributed by atoms with Crippen LogP contribution < -0.4 is 4.18 Å². The fraction of sp³-hybridized carbons (Fsp3) is 0.632. The molecule has 1 aromatic rings. The van der Waals surface area contributed by atoms with Crippen LogP contribution in [-0.2, 0) is 24.4 Å². The number of ether oxygens (including phenoxy) is 2. The van der Waals surface area contributed by atoms with Gasteiger partial charge in [-0.05, 0) is 70.1 Å². The van der Waals surface area contributed by atoms with E-state index in [4.69, 9.17) is 9.47 Å². The quantitative estimate of drug-likeness (QED) is 0.374. The van der Waals surface area contributed by atoms with Crippen molar-refractivity contribution in [2.75, 3.05) is 6.61 Å². The van der Waals surface area contributed by atoms with Crippen molar-refractivity contribution < 1.29 is 40.0 Å². The summed E-state index contributed by atoms with van der Waals surface area (Å²) >= 11 is 0. The molecule has 0 atom stereocenters. The Kier molecular flexibility index (Phi) is 7.21. The molecule has 164 valence electrons. The van der Waals surface area contributed by atoms with Gasteiger partial charge in [-0.25, -0.2) is 4.79 Å². The minimum absolute atomic E-state index is 0.0571. The Morgan fingerprint density at radius 1 is 1.03 bits per heavy atom. The molecular weight excluding hydrogens is 413 g/mol. The molecule has 1 aromatic carbocycles. The smallest absolute Gasteiger partial charge is 0.458 e. The molecular formula is C19H25F3O6S. The second-order valence-electron chi connectivity index (χ2n) is 7.92. The lowest BCUT2D eigenvalue weighted by Gasteiger charge is -2.29. The molecule has 10 heteroatoms. The van der Waals surface area contributed by atoms with E-state index < -0.39 is 27.2 Å². The maximum absolute atomic E-state index is 12.4. The maximum Gasteiger partial charge on any atom is 0.534 e. The van der Waals surface area contributed by atoms with Gasteiger partial charge in [-0.15, -0.1) is 0 Å². The molecule has 6 nitrogen and oxygen atoms in total. The molecule has 0 unspecified atom stereocenters. The van der Waals surface area contributed by atoms with Crippen molar-refractivity contribution in [2.45, 2.75) is 69.6 Å². The molecule has 1 fully saturated rings. The lowest BCUT2D eigenvalue weighted by atomic mass is 9.83. The predicted octanol–water partition coefficient (Wildman–Crippen LogP) is 4.30. The lowest BCUT2D eigenvalue weighted by Crippen LogP contribution is -2.29. The number of hydrogen-bond acceptors (Lipinski definition) is 6. The van der Waals surface area contributed by atoms with Gasteiger partial charge in [-0.1, -0.05) is 12.1 Å². The van der Waals surface area contributed by atoms with Crippen molar-refractivity contribution in [2.24, 2.45) is 0 Å². The zero-order chi connectivity index (χ0) is 21.9. The summed E-state index contributed by atoms with van der Waals surface area (Å²) in [5, 5.41) is 0. The first-order valence-electron chi connectivity index (χ1n) is 9.21. The number of carbonyl (C=O) groups is 1. The third-order valence-corrected chi connectivity index (χ3v) is 5.35. The first kappa shape index (κ1) is 23.5. The molecule has 0 amide bonds. The van der Waals surface area contributed by atoms with E-state index in [0.29, 0.717) is 0 Å². The average Bonchev–Trinajstić information content (AvgIpc) is 2.58. The van der Waals surface area contributed by atoms with Gasteiger partial charge >= 0.3 is 21.6 Å². The molecule has 0 aliphatic heterocycles. The van der Waals surface area contributed by atoms with Crippen LogP contribution in [0.15, 0.2) is 24.3 Å². The van der Waals surface area contributed by atoms with Crippen LogP contribution in [0.1, 0.15) is 57.9 Å². The molecule has 1 aliphatic rings. The molecule has 0 spiro atoms. The molecule has 1 saturated carbocycles. The zero-order valence-electron chi connectivity index (χ0n) is 16.5. The van der Waals surface area contributed by atoms with Gasteiger partial charge in [0.1, 0.15) is 18.0 Å². The van der Waals surface area contributed by atoms with Crippen LogP contribution in [-0.4, -0.2) is 38.2 Å². The number of esters is 1. The van der Waals surface area contributed by atoms with Crippen LogP contribution >= 0.6 is 0 Å². The normalized spacial score (nSPS) is 20.9. The second-order valence-corrected chi connectivity index (χ2v) is 9.46. The first-order chi connectivity index (χ1) is 13.3. The molecule has 0 radical (unpaired) electrons. The highest BCUT2D eigenvalue weighted by atomic mass is 32.2. The molecule has 2 rings (SSSR count). The van der Waals surface area contributed by atoms with Gasteiger partial charge in [0.05, 0.1) is 6.10 Å². The minimum atomic E-state index is -5.68. The van der Waals surface area contributed by atoms with Gasteiger partial charge in [-0.2, -0.15) is 21.6 Å². The van der Waals surface area contributed by atoms with E-state index in [1.807, 2.05) is 0 Å². The van der Waals surface area contributed by atoms with Crippen molar-refractivity contribution in [3.8, 4) is 5.75 Å². The van der Waals surface area contributed by atoms with Crippen molar-refractivity contribution in [3.63, 3.8) is 0 Å². The van der Waals surface area contributed by atoms with Crippen LogP contribution in [0.2, 0.25) is 0 Å². The van der Waals surface area contributed by atoms with Crippen LogP contribution in [0.25, 0.3) is 0 Å². The fourth-order valence-corrected chi connectivity index (χ4v) is 3.55. The van der Waals surface area contributed by atoms with E-state index in [0.717, 1.165) is 31.2 Å². The number of benzene rings is 1. The van der Waals surface area contributed by atoms with Crippen molar-refractivity contribution >= 4 is 16.1 Å². The summed E-state index contributed by atoms with van der Waals surface area (Å²) in [5.41, 5.74) is -5.15. The SMILES string of the molecule is CC(C)(C)OC(=O)CO[C@H]1CC[C@H](c2ccc(OS(=O)(=O)C(F)(F)F)cc2)CC1. The molecule has 0 aromatic heterocycles. The second kappa shape index (κ2) is 8.91. The highest BCUT2D eigenvalue weighted by molar-refractivity contribution is 7.88. The van der Waals surface area contributed by atoms with Gasteiger partial charge in [0.25, 0.3) is 0 Å². The number of alkyl halides is 3. The summed E-state index contributed by atoms with van der Waals surface area (Å²) in [7, 11) is -5.68. The van der Waals surface area contributed by atoms with Crippen LogP contribution in [0.5, 0.6) is 5.75 Å². The van der Waals surface area contributed by atoms with E-state index in [9.17, 15) is 26.4 Å². The highest BCUT2D eigenvalue weighted by Crippen LogP contribution is 2.35. The van der Waals surface area contributed by atoms with Gasteiger partial charge in [-0.3, -0.25) is 0 Å². The van der Waals surface area contributed by atoms with E-state index in [1.54, 1.807) is 32.9 Å². The van der Waals surface area contributed by atoms with Crippen LogP contribution in [0.4, 0.5) is 13.2 Å². The van der Waals surface area contributed by atoms with Crippen LogP contribution in [0, 0.1) is 0 Å². The fourth-order valence-electron chi connectivity index (χ4n) is 3.09. The lowest BCUT2D eigenvalue weighted by molar-refractivity contribution is -0.162. The Bertz CT molecular complexity index is 789. The Balaban J connectivity index is 1.83. The summed E-state index contributed by atoms with van der Waals surface area (Å²) in [6, 6.07) is 5.55. The number of hydrogen-bond donors (Lipinski definition) is 0. The molecule has 0 N–H and O–H groups in total. The summed E-state index contributed by atoms with van der Waals surface area (Å²) in [6.07, 6.45) is 2.96. The summed E-state index contributed by atoms with van der Waals surface area (Å²) in [4.78, 5) is 11.7. The molecule has 0 heterocycles. The van der Waals surface area contributed by atoms with Gasteiger partial charge in [0.2, 0.25) is 0 Å². The highest BCUT2D eigenvalue weighted by Gasteiger charge is 2.48. The Morgan fingerprint density at radius 2 is 1.59 bits per heavy atom. The monoisotopic (exact) mass is 438 g/mol. The Hall–Kier alpha value is -1.81. The zero-order valence-corrected chi connectivity index (χ0v) is 17.3. The van der Waals surface area contributed by atoms with Crippen LogP contribution in [0.3, 0.4) is 0 Å². The number of rotatable bonds is 6. The molecule has 29 heavy (non-hydrogen) atoms. The number of halogens is 3. The van der Waals surface area contributed by atoms with Gasteiger partial charge < -0.3 is 13.7 Å². The topological polar surface area (TPSA) is 78.9 Å². The molecule has 1 aliphatic carbocycles. The van der Waals surface area contributed by atoms with Crippen molar-refractivity contribution in [1.29, 1.82) is 0 Å². The number of carbonyl (C=O) groups excluding carboxylic acids is 1. The van der Waals surface area contributed by atoms with E-state index in [1.165, 1.54) is 12.1 Å².